The van der Waals surface area contributed by atoms with Gasteiger partial charge in [-0.3, -0.25) is 24.7 Å². The summed E-state index contributed by atoms with van der Waals surface area (Å²) >= 11 is 0. The molecule has 38 heavy (non-hydrogen) atoms. The van der Waals surface area contributed by atoms with Crippen molar-refractivity contribution in [2.24, 2.45) is 0 Å². The molecule has 0 bridgehead atoms. The second-order valence-electron chi connectivity index (χ2n) is 9.91. The van der Waals surface area contributed by atoms with E-state index in [1.165, 1.54) is 17.7 Å². The molecule has 1 aromatic carbocycles. The number of aromatic nitrogens is 1. The summed E-state index contributed by atoms with van der Waals surface area (Å²) in [6, 6.07) is 9.52. The fourth-order valence-corrected chi connectivity index (χ4v) is 4.83. The minimum Gasteiger partial charge on any atom is -0.501 e. The van der Waals surface area contributed by atoms with Crippen LogP contribution in [0, 0.1) is 0 Å². The molecule has 3 aliphatic rings. The first-order chi connectivity index (χ1) is 18.5. The third-order valence-electron chi connectivity index (χ3n) is 7.05. The first-order valence-corrected chi connectivity index (χ1v) is 13.4. The summed E-state index contributed by atoms with van der Waals surface area (Å²) in [7, 11) is 0. The maximum atomic E-state index is 13.1. The van der Waals surface area contributed by atoms with E-state index >= 15 is 0 Å². The highest BCUT2D eigenvalue weighted by Crippen LogP contribution is 2.41. The molecule has 5 rings (SSSR count). The van der Waals surface area contributed by atoms with Gasteiger partial charge < -0.3 is 14.4 Å². The fraction of sp³-hybridized carbons (Fsp3) is 0.400. The highest BCUT2D eigenvalue weighted by atomic mass is 16.5. The Balaban J connectivity index is 1.14. The lowest BCUT2D eigenvalue weighted by Gasteiger charge is -2.28. The monoisotopic (exact) mass is 515 g/mol. The summed E-state index contributed by atoms with van der Waals surface area (Å²) in [5, 5.41) is 3.37. The summed E-state index contributed by atoms with van der Waals surface area (Å²) in [5.74, 6) is 0.497. The molecule has 8 nitrogen and oxygen atoms in total. The lowest BCUT2D eigenvalue weighted by atomic mass is 10.0. The van der Waals surface area contributed by atoms with E-state index in [2.05, 4.69) is 11.4 Å². The van der Waals surface area contributed by atoms with E-state index in [1.54, 1.807) is 18.4 Å². The minimum absolute atomic E-state index is 0.225. The number of carbonyl (C=O) groups excluding carboxylic acids is 3. The summed E-state index contributed by atoms with van der Waals surface area (Å²) in [4.78, 5) is 43.2. The third kappa shape index (κ3) is 5.79. The van der Waals surface area contributed by atoms with Gasteiger partial charge in [0.05, 0.1) is 31.5 Å². The topological polar surface area (TPSA) is 97.8 Å². The first kappa shape index (κ1) is 25.7. The highest BCUT2D eigenvalue weighted by molar-refractivity contribution is 6.07. The van der Waals surface area contributed by atoms with Crippen molar-refractivity contribution in [3.63, 3.8) is 0 Å². The van der Waals surface area contributed by atoms with Gasteiger partial charge in [0.25, 0.3) is 5.91 Å². The number of hydrogen-bond acceptors (Lipinski definition) is 6. The number of ether oxygens (including phenoxy) is 2. The van der Waals surface area contributed by atoms with Gasteiger partial charge in [0.15, 0.2) is 0 Å². The van der Waals surface area contributed by atoms with Gasteiger partial charge in [-0.15, -0.1) is 0 Å². The van der Waals surface area contributed by atoms with Gasteiger partial charge in [0, 0.05) is 40.6 Å². The van der Waals surface area contributed by atoms with E-state index in [9.17, 15) is 14.4 Å². The molecule has 3 heterocycles. The maximum absolute atomic E-state index is 13.1. The van der Waals surface area contributed by atoms with Crippen molar-refractivity contribution in [3.8, 4) is 5.75 Å². The molecular formula is C30H33N3O5. The molecule has 1 unspecified atom stereocenters. The predicted octanol–water partition coefficient (Wildman–Crippen LogP) is 4.32. The Morgan fingerprint density at radius 3 is 2.71 bits per heavy atom. The number of amides is 3. The molecule has 0 spiro atoms. The molecule has 8 heteroatoms. The van der Waals surface area contributed by atoms with Gasteiger partial charge in [-0.2, -0.15) is 0 Å². The summed E-state index contributed by atoms with van der Waals surface area (Å²) < 4.78 is 12.0. The number of unbranched alkanes of at least 4 members (excludes halogenated alkanes) is 1. The SMILES string of the molecule is C\C=C/C=C1/C(=O)N(C2CCC(=O)NC2=O)C/C1=C\OCCCCOc1cc(C2CC2)nc2ccccc12. The molecule has 3 fully saturated rings. The number of allylic oxidation sites excluding steroid dienone is 3. The van der Waals surface area contributed by atoms with E-state index in [4.69, 9.17) is 14.5 Å². The number of fused-ring (bicyclic) bond motifs is 1. The van der Waals surface area contributed by atoms with Crippen LogP contribution in [0.25, 0.3) is 10.9 Å². The number of benzene rings is 1. The summed E-state index contributed by atoms with van der Waals surface area (Å²) in [6.45, 7) is 3.21. The van der Waals surface area contributed by atoms with E-state index in [-0.39, 0.29) is 24.8 Å². The van der Waals surface area contributed by atoms with E-state index in [0.717, 1.165) is 40.8 Å². The normalized spacial score (nSPS) is 22.2. The van der Waals surface area contributed by atoms with Crippen LogP contribution >= 0.6 is 0 Å². The molecule has 0 radical (unpaired) electrons. The molecule has 2 saturated heterocycles. The maximum Gasteiger partial charge on any atom is 0.255 e. The lowest BCUT2D eigenvalue weighted by Crippen LogP contribution is -2.52. The zero-order chi connectivity index (χ0) is 26.5. The van der Waals surface area contributed by atoms with Crippen LogP contribution in [-0.2, 0) is 19.1 Å². The molecule has 1 atom stereocenters. The Kier molecular flexibility index (Phi) is 7.86. The van der Waals surface area contributed by atoms with Crippen molar-refractivity contribution < 1.29 is 23.9 Å². The van der Waals surface area contributed by atoms with Crippen LogP contribution in [0.15, 0.2) is 66.0 Å². The third-order valence-corrected chi connectivity index (χ3v) is 7.05. The predicted molar refractivity (Wildman–Crippen MR) is 143 cm³/mol. The number of carbonyl (C=O) groups is 3. The average Bonchev–Trinajstić information content (AvgIpc) is 3.72. The Morgan fingerprint density at radius 2 is 1.92 bits per heavy atom. The van der Waals surface area contributed by atoms with Crippen LogP contribution in [0.5, 0.6) is 5.75 Å². The minimum atomic E-state index is -0.651. The second kappa shape index (κ2) is 11.6. The molecule has 198 valence electrons. The van der Waals surface area contributed by atoms with Crippen molar-refractivity contribution in [2.75, 3.05) is 19.8 Å². The number of nitrogens with one attached hydrogen (secondary N) is 1. The van der Waals surface area contributed by atoms with Gasteiger partial charge in [-0.05, 0) is 57.2 Å². The zero-order valence-electron chi connectivity index (χ0n) is 21.7. The Labute approximate surface area is 222 Å². The Hall–Kier alpha value is -3.94. The van der Waals surface area contributed by atoms with Gasteiger partial charge in [-0.1, -0.05) is 24.3 Å². The van der Waals surface area contributed by atoms with E-state index < -0.39 is 11.9 Å². The molecule has 2 aromatic rings. The van der Waals surface area contributed by atoms with Crippen molar-refractivity contribution in [3.05, 3.63) is 71.7 Å². The van der Waals surface area contributed by atoms with Crippen LogP contribution in [0.1, 0.15) is 57.1 Å². The summed E-state index contributed by atoms with van der Waals surface area (Å²) in [6.07, 6.45) is 11.6. The Morgan fingerprint density at radius 1 is 1.11 bits per heavy atom. The molecule has 1 aromatic heterocycles. The number of para-hydroxylation sites is 1. The smallest absolute Gasteiger partial charge is 0.255 e. The van der Waals surface area contributed by atoms with Crippen LogP contribution in [0.2, 0.25) is 0 Å². The lowest BCUT2D eigenvalue weighted by molar-refractivity contribution is -0.142. The average molecular weight is 516 g/mol. The first-order valence-electron chi connectivity index (χ1n) is 13.4. The van der Waals surface area contributed by atoms with Crippen LogP contribution in [0.4, 0.5) is 0 Å². The van der Waals surface area contributed by atoms with Crippen molar-refractivity contribution in [2.45, 2.75) is 57.4 Å². The molecule has 3 amide bonds. The van der Waals surface area contributed by atoms with Gasteiger partial charge in [-0.25, -0.2) is 0 Å². The van der Waals surface area contributed by atoms with Crippen LogP contribution < -0.4 is 10.1 Å². The van der Waals surface area contributed by atoms with Crippen molar-refractivity contribution in [1.29, 1.82) is 0 Å². The molecule has 1 N–H and O–H groups in total. The zero-order valence-corrected chi connectivity index (χ0v) is 21.7. The second-order valence-corrected chi connectivity index (χ2v) is 9.91. The number of hydrogen-bond donors (Lipinski definition) is 1. The van der Waals surface area contributed by atoms with E-state index in [0.29, 0.717) is 31.1 Å². The van der Waals surface area contributed by atoms with Crippen LogP contribution in [-0.4, -0.2) is 53.4 Å². The molecule has 1 aliphatic carbocycles. The quantitative estimate of drug-likeness (QED) is 0.219. The number of imide groups is 1. The standard InChI is InChI=1S/C30H33N3O5/c1-2-3-8-22-21(18-33(30(22)36)26-13-14-28(34)32-29(26)35)19-37-15-6-7-16-38-27-17-25(20-11-12-20)31-24-10-5-4-9-23(24)27/h2-5,8-10,17,19-20,26H,6-7,11-16,18H2,1H3,(H,32,34,35)/b3-2-,21-19+,22-8+. The molecule has 2 aliphatic heterocycles. The van der Waals surface area contributed by atoms with Gasteiger partial charge >= 0.3 is 0 Å². The number of likely N-dealkylation sites (tertiary alicyclic amines) is 1. The van der Waals surface area contributed by atoms with Gasteiger partial charge in [0.1, 0.15) is 11.8 Å². The number of piperidine rings is 1. The molecular weight excluding hydrogens is 482 g/mol. The highest BCUT2D eigenvalue weighted by Gasteiger charge is 2.40. The number of pyridine rings is 1. The van der Waals surface area contributed by atoms with Crippen molar-refractivity contribution >= 4 is 28.6 Å². The van der Waals surface area contributed by atoms with Crippen LogP contribution in [0.3, 0.4) is 0 Å². The largest absolute Gasteiger partial charge is 0.501 e. The van der Waals surface area contributed by atoms with Gasteiger partial charge in [0.2, 0.25) is 11.8 Å². The van der Waals surface area contributed by atoms with Crippen molar-refractivity contribution in [1.82, 2.24) is 15.2 Å². The number of rotatable bonds is 10. The Bertz CT molecular complexity index is 1320. The fourth-order valence-electron chi connectivity index (χ4n) is 4.83. The number of nitrogens with zero attached hydrogens (tertiary/aromatic N) is 2. The molecule has 1 saturated carbocycles. The summed E-state index contributed by atoms with van der Waals surface area (Å²) in [5.41, 5.74) is 3.33. The van der Waals surface area contributed by atoms with E-state index in [1.807, 2.05) is 37.3 Å².